The van der Waals surface area contributed by atoms with Crippen LogP contribution in [0.1, 0.15) is 15.9 Å². The molecule has 0 aliphatic carbocycles. The van der Waals surface area contributed by atoms with Gasteiger partial charge in [-0.05, 0) is 54.4 Å². The van der Waals surface area contributed by atoms with E-state index in [4.69, 9.17) is 16.7 Å². The number of amides is 1. The molecule has 0 spiro atoms. The Kier molecular flexibility index (Phi) is 4.80. The molecule has 4 N–H and O–H groups in total. The molecule has 8 heteroatoms. The SMILES string of the molecule is NS(=O)(=O)c1ccc(C(=O)NCCc2c[nH]c3ccc(Cl)cc23)cc1. The zero-order chi connectivity index (χ0) is 18.0. The lowest BCUT2D eigenvalue weighted by atomic mass is 10.1. The van der Waals surface area contributed by atoms with Crippen LogP contribution >= 0.6 is 11.6 Å². The zero-order valence-electron chi connectivity index (χ0n) is 13.1. The lowest BCUT2D eigenvalue weighted by Crippen LogP contribution is -2.25. The minimum absolute atomic E-state index is 0.0280. The minimum atomic E-state index is -3.76. The number of H-pyrrole nitrogens is 1. The van der Waals surface area contributed by atoms with Crippen LogP contribution in [0.4, 0.5) is 0 Å². The molecule has 0 saturated carbocycles. The van der Waals surface area contributed by atoms with Gasteiger partial charge in [0.2, 0.25) is 10.0 Å². The highest BCUT2D eigenvalue weighted by molar-refractivity contribution is 7.89. The molecule has 130 valence electrons. The van der Waals surface area contributed by atoms with Crippen LogP contribution in [0.25, 0.3) is 10.9 Å². The standard InChI is InChI=1S/C17H16ClN3O3S/c18-13-3-6-16-15(9-13)12(10-21-16)7-8-20-17(22)11-1-4-14(5-2-11)25(19,23)24/h1-6,9-10,21H,7-8H2,(H,20,22)(H2,19,23,24). The molecule has 2 aromatic carbocycles. The van der Waals surface area contributed by atoms with Gasteiger partial charge >= 0.3 is 0 Å². The topological polar surface area (TPSA) is 105 Å². The van der Waals surface area contributed by atoms with E-state index in [0.29, 0.717) is 23.6 Å². The van der Waals surface area contributed by atoms with Gasteiger partial charge in [0.05, 0.1) is 4.90 Å². The molecule has 0 atom stereocenters. The van der Waals surface area contributed by atoms with Crippen molar-refractivity contribution in [2.24, 2.45) is 5.14 Å². The van der Waals surface area contributed by atoms with Gasteiger partial charge in [-0.1, -0.05) is 11.6 Å². The summed E-state index contributed by atoms with van der Waals surface area (Å²) in [5.74, 6) is -0.279. The van der Waals surface area contributed by atoms with Crippen LogP contribution in [0.2, 0.25) is 5.02 Å². The van der Waals surface area contributed by atoms with E-state index >= 15 is 0 Å². The lowest BCUT2D eigenvalue weighted by Gasteiger charge is -2.06. The second kappa shape index (κ2) is 6.87. The van der Waals surface area contributed by atoms with Gasteiger partial charge in [-0.25, -0.2) is 13.6 Å². The number of aromatic nitrogens is 1. The highest BCUT2D eigenvalue weighted by atomic mass is 35.5. The third-order valence-electron chi connectivity index (χ3n) is 3.85. The number of benzene rings is 2. The number of primary sulfonamides is 1. The molecular weight excluding hydrogens is 362 g/mol. The fourth-order valence-electron chi connectivity index (χ4n) is 2.57. The van der Waals surface area contributed by atoms with E-state index < -0.39 is 10.0 Å². The lowest BCUT2D eigenvalue weighted by molar-refractivity contribution is 0.0954. The number of rotatable bonds is 5. The maximum atomic E-state index is 12.1. The highest BCUT2D eigenvalue weighted by Crippen LogP contribution is 2.22. The van der Waals surface area contributed by atoms with Crippen molar-refractivity contribution in [1.82, 2.24) is 10.3 Å². The van der Waals surface area contributed by atoms with E-state index in [1.165, 1.54) is 24.3 Å². The summed E-state index contributed by atoms with van der Waals surface area (Å²) in [6, 6.07) is 11.1. The van der Waals surface area contributed by atoms with Gasteiger partial charge in [-0.15, -0.1) is 0 Å². The Morgan fingerprint density at radius 3 is 2.56 bits per heavy atom. The number of hydrogen-bond acceptors (Lipinski definition) is 3. The number of carbonyl (C=O) groups excluding carboxylic acids is 1. The summed E-state index contributed by atoms with van der Waals surface area (Å²) >= 11 is 6.02. The van der Waals surface area contributed by atoms with Gasteiger partial charge < -0.3 is 10.3 Å². The fraction of sp³-hybridized carbons (Fsp3) is 0.118. The maximum Gasteiger partial charge on any atom is 0.251 e. The van der Waals surface area contributed by atoms with Crippen molar-refractivity contribution < 1.29 is 13.2 Å². The number of carbonyl (C=O) groups is 1. The van der Waals surface area contributed by atoms with Crippen molar-refractivity contribution in [3.05, 3.63) is 64.8 Å². The zero-order valence-corrected chi connectivity index (χ0v) is 14.7. The molecule has 0 unspecified atom stereocenters. The first-order valence-electron chi connectivity index (χ1n) is 7.51. The number of aromatic amines is 1. The van der Waals surface area contributed by atoms with E-state index in [1.54, 1.807) is 0 Å². The molecule has 0 aliphatic heterocycles. The molecule has 1 heterocycles. The number of nitrogens with one attached hydrogen (secondary N) is 2. The first-order valence-corrected chi connectivity index (χ1v) is 9.43. The largest absolute Gasteiger partial charge is 0.361 e. The maximum absolute atomic E-state index is 12.1. The van der Waals surface area contributed by atoms with Crippen LogP contribution < -0.4 is 10.5 Å². The molecule has 3 aromatic rings. The first-order chi connectivity index (χ1) is 11.8. The van der Waals surface area contributed by atoms with Crippen LogP contribution in [0.3, 0.4) is 0 Å². The van der Waals surface area contributed by atoms with Crippen molar-refractivity contribution in [3.63, 3.8) is 0 Å². The summed E-state index contributed by atoms with van der Waals surface area (Å²) in [4.78, 5) is 15.3. The third kappa shape index (κ3) is 4.01. The number of nitrogens with two attached hydrogens (primary N) is 1. The van der Waals surface area contributed by atoms with E-state index in [-0.39, 0.29) is 10.8 Å². The van der Waals surface area contributed by atoms with Gasteiger partial charge in [-0.3, -0.25) is 4.79 Å². The van der Waals surface area contributed by atoms with Crippen molar-refractivity contribution in [1.29, 1.82) is 0 Å². The fourth-order valence-corrected chi connectivity index (χ4v) is 3.25. The average molecular weight is 378 g/mol. The molecule has 0 fully saturated rings. The minimum Gasteiger partial charge on any atom is -0.361 e. The van der Waals surface area contributed by atoms with Crippen molar-refractivity contribution >= 4 is 38.4 Å². The van der Waals surface area contributed by atoms with Crippen LogP contribution in [0.5, 0.6) is 0 Å². The van der Waals surface area contributed by atoms with Crippen LogP contribution in [0.15, 0.2) is 53.6 Å². The van der Waals surface area contributed by atoms with Gasteiger partial charge in [0, 0.05) is 34.2 Å². The summed E-state index contributed by atoms with van der Waals surface area (Å²) in [6.07, 6.45) is 2.54. The van der Waals surface area contributed by atoms with Crippen LogP contribution in [-0.2, 0) is 16.4 Å². The second-order valence-electron chi connectivity index (χ2n) is 5.58. The number of halogens is 1. The van der Waals surface area contributed by atoms with E-state index in [1.807, 2.05) is 24.4 Å². The van der Waals surface area contributed by atoms with Gasteiger partial charge in [0.1, 0.15) is 0 Å². The summed E-state index contributed by atoms with van der Waals surface area (Å²) in [5.41, 5.74) is 2.42. The normalized spacial score (nSPS) is 11.6. The molecule has 3 rings (SSSR count). The molecule has 0 radical (unpaired) electrons. The summed E-state index contributed by atoms with van der Waals surface area (Å²) in [5, 5.41) is 9.53. The van der Waals surface area contributed by atoms with E-state index in [0.717, 1.165) is 16.5 Å². The molecule has 0 saturated heterocycles. The Balaban J connectivity index is 1.63. The highest BCUT2D eigenvalue weighted by Gasteiger charge is 2.10. The summed E-state index contributed by atoms with van der Waals surface area (Å²) in [6.45, 7) is 0.440. The van der Waals surface area contributed by atoms with Crippen molar-refractivity contribution in [2.45, 2.75) is 11.3 Å². The number of sulfonamides is 1. The van der Waals surface area contributed by atoms with Gasteiger partial charge in [0.15, 0.2) is 0 Å². The Labute approximate surface area is 150 Å². The predicted molar refractivity (Wildman–Crippen MR) is 97.2 cm³/mol. The van der Waals surface area contributed by atoms with E-state index in [9.17, 15) is 13.2 Å². The van der Waals surface area contributed by atoms with E-state index in [2.05, 4.69) is 10.3 Å². The molecular formula is C17H16ClN3O3S. The quantitative estimate of drug-likeness (QED) is 0.635. The average Bonchev–Trinajstić information content (AvgIpc) is 2.96. The van der Waals surface area contributed by atoms with Crippen molar-refractivity contribution in [3.8, 4) is 0 Å². The molecule has 6 nitrogen and oxygen atoms in total. The van der Waals surface area contributed by atoms with Crippen LogP contribution in [-0.4, -0.2) is 25.9 Å². The van der Waals surface area contributed by atoms with Gasteiger partial charge in [0.25, 0.3) is 5.91 Å². The monoisotopic (exact) mass is 377 g/mol. The van der Waals surface area contributed by atoms with Gasteiger partial charge in [-0.2, -0.15) is 0 Å². The molecule has 1 aromatic heterocycles. The Bertz CT molecular complexity index is 1030. The predicted octanol–water partition coefficient (Wildman–Crippen LogP) is 2.44. The second-order valence-corrected chi connectivity index (χ2v) is 7.58. The first kappa shape index (κ1) is 17.5. The smallest absolute Gasteiger partial charge is 0.251 e. The van der Waals surface area contributed by atoms with Crippen LogP contribution in [0, 0.1) is 0 Å². The Morgan fingerprint density at radius 1 is 1.16 bits per heavy atom. The molecule has 1 amide bonds. The molecule has 0 aliphatic rings. The third-order valence-corrected chi connectivity index (χ3v) is 5.02. The number of fused-ring (bicyclic) bond motifs is 1. The Morgan fingerprint density at radius 2 is 1.88 bits per heavy atom. The summed E-state index contributed by atoms with van der Waals surface area (Å²) in [7, 11) is -3.76. The van der Waals surface area contributed by atoms with Crippen molar-refractivity contribution in [2.75, 3.05) is 6.54 Å². The summed E-state index contributed by atoms with van der Waals surface area (Å²) < 4.78 is 22.4. The molecule has 0 bridgehead atoms. The molecule has 25 heavy (non-hydrogen) atoms. The Hall–Kier alpha value is -2.35. The number of hydrogen-bond donors (Lipinski definition) is 3.